The first kappa shape index (κ1) is 11.0. The number of rotatable bonds is 2. The Labute approximate surface area is 86.5 Å². The molecule has 0 aliphatic rings. The highest BCUT2D eigenvalue weighted by Crippen LogP contribution is 2.24. The molecule has 14 heavy (non-hydrogen) atoms. The van der Waals surface area contributed by atoms with Crippen LogP contribution in [0.4, 0.5) is 13.2 Å². The van der Waals surface area contributed by atoms with E-state index in [2.05, 4.69) is 20.9 Å². The molecule has 1 heterocycles. The van der Waals surface area contributed by atoms with Gasteiger partial charge in [0.1, 0.15) is 5.69 Å². The number of nitriles is 1. The molecule has 0 amide bonds. The minimum atomic E-state index is -2.77. The van der Waals surface area contributed by atoms with Crippen LogP contribution >= 0.6 is 15.9 Å². The predicted molar refractivity (Wildman–Crippen MR) is 46.2 cm³/mol. The van der Waals surface area contributed by atoms with E-state index in [0.717, 1.165) is 6.07 Å². The number of aromatic nitrogens is 1. The van der Waals surface area contributed by atoms with Gasteiger partial charge >= 0.3 is 0 Å². The molecule has 0 aromatic carbocycles. The third kappa shape index (κ3) is 2.23. The Hall–Kier alpha value is -1.09. The molecule has 0 N–H and O–H groups in total. The molecular formula is C8H4BrF3N2. The van der Waals surface area contributed by atoms with Crippen LogP contribution in [-0.2, 0) is 6.42 Å². The van der Waals surface area contributed by atoms with E-state index >= 15 is 0 Å². The van der Waals surface area contributed by atoms with Crippen molar-refractivity contribution in [2.75, 3.05) is 0 Å². The summed E-state index contributed by atoms with van der Waals surface area (Å²) in [5.74, 6) is -0.768. The van der Waals surface area contributed by atoms with Crippen molar-refractivity contribution in [3.63, 3.8) is 0 Å². The number of pyridine rings is 1. The van der Waals surface area contributed by atoms with Gasteiger partial charge in [0.2, 0.25) is 0 Å². The predicted octanol–water partition coefficient (Wildman–Crippen LogP) is 2.99. The summed E-state index contributed by atoms with van der Waals surface area (Å²) >= 11 is 2.78. The first-order valence-corrected chi connectivity index (χ1v) is 4.35. The van der Waals surface area contributed by atoms with Crippen LogP contribution in [0.1, 0.15) is 17.8 Å². The van der Waals surface area contributed by atoms with Crippen LogP contribution in [0.2, 0.25) is 0 Å². The highest BCUT2D eigenvalue weighted by atomic mass is 79.9. The summed E-state index contributed by atoms with van der Waals surface area (Å²) in [5.41, 5.74) is -0.805. The van der Waals surface area contributed by atoms with Gasteiger partial charge in [-0.05, 0) is 22.0 Å². The lowest BCUT2D eigenvalue weighted by Crippen LogP contribution is -2.00. The Morgan fingerprint density at radius 2 is 2.21 bits per heavy atom. The SMILES string of the molecule is N#CCc1nc(C(F)F)cc(Br)c1F. The molecule has 0 spiro atoms. The molecule has 0 aliphatic heterocycles. The summed E-state index contributed by atoms with van der Waals surface area (Å²) in [6, 6.07) is 2.55. The highest BCUT2D eigenvalue weighted by Gasteiger charge is 2.15. The zero-order chi connectivity index (χ0) is 10.7. The summed E-state index contributed by atoms with van der Waals surface area (Å²) in [6.45, 7) is 0. The summed E-state index contributed by atoms with van der Waals surface area (Å²) in [5, 5.41) is 8.31. The number of alkyl halides is 2. The van der Waals surface area contributed by atoms with E-state index in [0.29, 0.717) is 0 Å². The maximum atomic E-state index is 13.1. The fraction of sp³-hybridized carbons (Fsp3) is 0.250. The maximum absolute atomic E-state index is 13.1. The van der Waals surface area contributed by atoms with Gasteiger partial charge < -0.3 is 0 Å². The smallest absolute Gasteiger partial charge is 0.248 e. The van der Waals surface area contributed by atoms with Gasteiger partial charge in [-0.3, -0.25) is 0 Å². The van der Waals surface area contributed by atoms with Crippen molar-refractivity contribution in [3.8, 4) is 6.07 Å². The first-order valence-electron chi connectivity index (χ1n) is 3.56. The molecule has 2 nitrogen and oxygen atoms in total. The van der Waals surface area contributed by atoms with Crippen LogP contribution in [0.5, 0.6) is 0 Å². The van der Waals surface area contributed by atoms with Crippen LogP contribution in [0.25, 0.3) is 0 Å². The molecule has 1 aromatic rings. The second-order valence-electron chi connectivity index (χ2n) is 2.43. The number of hydrogen-bond acceptors (Lipinski definition) is 2. The van der Waals surface area contributed by atoms with Gasteiger partial charge in [-0.1, -0.05) is 0 Å². The van der Waals surface area contributed by atoms with Crippen LogP contribution in [0.3, 0.4) is 0 Å². The van der Waals surface area contributed by atoms with E-state index in [-0.39, 0.29) is 16.6 Å². The summed E-state index contributed by atoms with van der Waals surface area (Å²) < 4.78 is 37.4. The Morgan fingerprint density at radius 1 is 1.57 bits per heavy atom. The molecule has 0 bridgehead atoms. The van der Waals surface area contributed by atoms with E-state index in [1.54, 1.807) is 6.07 Å². The van der Waals surface area contributed by atoms with Gasteiger partial charge in [-0.15, -0.1) is 0 Å². The quantitative estimate of drug-likeness (QED) is 0.824. The lowest BCUT2D eigenvalue weighted by atomic mass is 10.2. The standard InChI is InChI=1S/C8H4BrF3N2/c9-4-3-6(8(11)12)14-5(1-2-13)7(4)10/h3,8H,1H2. The molecule has 0 atom stereocenters. The maximum Gasteiger partial charge on any atom is 0.280 e. The van der Waals surface area contributed by atoms with Crippen molar-refractivity contribution in [3.05, 3.63) is 27.7 Å². The monoisotopic (exact) mass is 264 g/mol. The van der Waals surface area contributed by atoms with Gasteiger partial charge in [0.05, 0.1) is 22.7 Å². The lowest BCUT2D eigenvalue weighted by Gasteiger charge is -2.04. The Kier molecular flexibility index (Phi) is 3.47. The fourth-order valence-corrected chi connectivity index (χ4v) is 1.34. The second kappa shape index (κ2) is 4.42. The third-order valence-electron chi connectivity index (χ3n) is 1.47. The minimum absolute atomic E-state index is 0.104. The van der Waals surface area contributed by atoms with Gasteiger partial charge in [0, 0.05) is 0 Å². The molecule has 1 aromatic heterocycles. The molecule has 0 saturated heterocycles. The fourth-order valence-electron chi connectivity index (χ4n) is 0.872. The number of nitrogens with zero attached hydrogens (tertiary/aromatic N) is 2. The summed E-state index contributed by atoms with van der Waals surface area (Å²) in [6.07, 6.45) is -3.10. The lowest BCUT2D eigenvalue weighted by molar-refractivity contribution is 0.145. The number of halogens is 4. The van der Waals surface area contributed by atoms with Crippen LogP contribution in [-0.4, -0.2) is 4.98 Å². The Morgan fingerprint density at radius 3 is 2.71 bits per heavy atom. The van der Waals surface area contributed by atoms with Crippen molar-refractivity contribution in [1.29, 1.82) is 5.26 Å². The Balaban J connectivity index is 3.22. The van der Waals surface area contributed by atoms with E-state index in [1.807, 2.05) is 0 Å². The molecule has 0 saturated carbocycles. The normalized spacial score (nSPS) is 10.3. The van der Waals surface area contributed by atoms with Crippen molar-refractivity contribution >= 4 is 15.9 Å². The Bertz CT molecular complexity index is 387. The third-order valence-corrected chi connectivity index (χ3v) is 2.05. The average molecular weight is 265 g/mol. The molecule has 0 unspecified atom stereocenters. The minimum Gasteiger partial charge on any atom is -0.248 e. The van der Waals surface area contributed by atoms with E-state index in [1.165, 1.54) is 0 Å². The highest BCUT2D eigenvalue weighted by molar-refractivity contribution is 9.10. The van der Waals surface area contributed by atoms with Gasteiger partial charge in [-0.2, -0.15) is 5.26 Å². The van der Waals surface area contributed by atoms with Crippen molar-refractivity contribution < 1.29 is 13.2 Å². The largest absolute Gasteiger partial charge is 0.280 e. The van der Waals surface area contributed by atoms with Crippen molar-refractivity contribution in [2.24, 2.45) is 0 Å². The number of hydrogen-bond donors (Lipinski definition) is 0. The molecule has 1 rings (SSSR count). The molecule has 0 aliphatic carbocycles. The van der Waals surface area contributed by atoms with Crippen LogP contribution in [0.15, 0.2) is 10.5 Å². The average Bonchev–Trinajstić information content (AvgIpc) is 2.12. The molecule has 0 fully saturated rings. The zero-order valence-corrected chi connectivity index (χ0v) is 8.35. The van der Waals surface area contributed by atoms with E-state index < -0.39 is 17.9 Å². The van der Waals surface area contributed by atoms with Gasteiger partial charge in [0.25, 0.3) is 6.43 Å². The zero-order valence-electron chi connectivity index (χ0n) is 6.77. The van der Waals surface area contributed by atoms with E-state index in [4.69, 9.17) is 5.26 Å². The molecular weight excluding hydrogens is 261 g/mol. The summed E-state index contributed by atoms with van der Waals surface area (Å²) in [7, 11) is 0. The van der Waals surface area contributed by atoms with Crippen LogP contribution < -0.4 is 0 Å². The second-order valence-corrected chi connectivity index (χ2v) is 3.28. The van der Waals surface area contributed by atoms with Crippen LogP contribution in [0, 0.1) is 17.1 Å². The first-order chi connectivity index (χ1) is 6.56. The summed E-state index contributed by atoms with van der Waals surface area (Å²) in [4.78, 5) is 3.34. The molecule has 74 valence electrons. The topological polar surface area (TPSA) is 36.7 Å². The van der Waals surface area contributed by atoms with Gasteiger partial charge in [0.15, 0.2) is 5.82 Å². The van der Waals surface area contributed by atoms with Gasteiger partial charge in [-0.25, -0.2) is 18.2 Å². The molecule has 6 heteroatoms. The van der Waals surface area contributed by atoms with Crippen molar-refractivity contribution in [1.82, 2.24) is 4.98 Å². The van der Waals surface area contributed by atoms with Crippen molar-refractivity contribution in [2.45, 2.75) is 12.8 Å². The molecule has 0 radical (unpaired) electrons. The van der Waals surface area contributed by atoms with E-state index in [9.17, 15) is 13.2 Å².